The Morgan fingerprint density at radius 2 is 1.30 bits per heavy atom. The molecule has 20 heavy (non-hydrogen) atoms. The van der Waals surface area contributed by atoms with Crippen LogP contribution in [-0.4, -0.2) is 5.11 Å². The fraction of sp³-hybridized carbons (Fsp3) is 0.0769. The summed E-state index contributed by atoms with van der Waals surface area (Å²) >= 11 is 17.2. The van der Waals surface area contributed by atoms with Crippen LogP contribution in [0, 0.1) is 0 Å². The highest BCUT2D eigenvalue weighted by Gasteiger charge is 2.09. The van der Waals surface area contributed by atoms with Crippen LogP contribution in [0.15, 0.2) is 46.6 Å². The van der Waals surface area contributed by atoms with Crippen molar-refractivity contribution in [3.8, 4) is 5.75 Å². The topological polar surface area (TPSA) is 32.3 Å². The van der Waals surface area contributed by atoms with Gasteiger partial charge in [0.1, 0.15) is 5.75 Å². The maximum atomic E-state index is 9.70. The molecule has 0 aromatic heterocycles. The summed E-state index contributed by atoms with van der Waals surface area (Å²) in [5, 5.41) is 13.1. The second kappa shape index (κ2) is 7.13. The lowest BCUT2D eigenvalue weighted by atomic mass is 10.2. The van der Waals surface area contributed by atoms with Gasteiger partial charge in [0.05, 0.1) is 14.6 Å². The van der Waals surface area contributed by atoms with Crippen LogP contribution >= 0.6 is 79.6 Å². The first-order valence-corrected chi connectivity index (χ1v) is 9.40. The molecule has 0 unspecified atom stereocenters. The Morgan fingerprint density at radius 3 is 1.80 bits per heavy atom. The van der Waals surface area contributed by atoms with Gasteiger partial charge in [0.25, 0.3) is 0 Å². The summed E-state index contributed by atoms with van der Waals surface area (Å²) in [6.07, 6.45) is 0. The van der Waals surface area contributed by atoms with Gasteiger partial charge >= 0.3 is 0 Å². The number of nitrogens with one attached hydrogen (secondary N) is 1. The summed E-state index contributed by atoms with van der Waals surface area (Å²) < 4.78 is 4.26. The molecule has 0 radical (unpaired) electrons. The molecular formula is C13H8Br5NO. The number of halogens is 5. The lowest BCUT2D eigenvalue weighted by Gasteiger charge is -2.12. The second-order valence-corrected chi connectivity index (χ2v) is 8.34. The minimum atomic E-state index is 0.208. The van der Waals surface area contributed by atoms with Crippen LogP contribution in [0.5, 0.6) is 5.75 Å². The van der Waals surface area contributed by atoms with E-state index < -0.39 is 0 Å². The van der Waals surface area contributed by atoms with Gasteiger partial charge in [-0.2, -0.15) is 0 Å². The first kappa shape index (κ1) is 16.8. The van der Waals surface area contributed by atoms with Crippen molar-refractivity contribution in [1.82, 2.24) is 0 Å². The molecule has 2 nitrogen and oxygen atoms in total. The smallest absolute Gasteiger partial charge is 0.143 e. The average molecular weight is 594 g/mol. The summed E-state index contributed by atoms with van der Waals surface area (Å²) in [6.45, 7) is 0.635. The maximum Gasteiger partial charge on any atom is 0.143 e. The minimum absolute atomic E-state index is 0.208. The Bertz CT molecular complexity index is 613. The molecule has 0 saturated heterocycles. The number of aromatic hydroxyl groups is 1. The van der Waals surface area contributed by atoms with Crippen molar-refractivity contribution in [2.45, 2.75) is 6.54 Å². The Balaban J connectivity index is 2.21. The monoisotopic (exact) mass is 589 g/mol. The van der Waals surface area contributed by atoms with E-state index in [1.807, 2.05) is 24.3 Å². The number of phenolic OH excluding ortho intramolecular Hbond substituents is 1. The predicted octanol–water partition coefficient (Wildman–Crippen LogP) is 6.82. The molecule has 0 aliphatic carbocycles. The fourth-order valence-corrected chi connectivity index (χ4v) is 5.44. The number of hydrogen-bond donors (Lipinski definition) is 2. The minimum Gasteiger partial charge on any atom is -0.506 e. The molecule has 0 spiro atoms. The van der Waals surface area contributed by atoms with Crippen molar-refractivity contribution in [2.75, 3.05) is 5.32 Å². The molecule has 7 heteroatoms. The number of phenols is 1. The summed E-state index contributed by atoms with van der Waals surface area (Å²) in [4.78, 5) is 0. The maximum absolute atomic E-state index is 9.70. The van der Waals surface area contributed by atoms with Gasteiger partial charge < -0.3 is 10.4 Å². The zero-order chi connectivity index (χ0) is 14.9. The molecule has 0 fully saturated rings. The second-order valence-electron chi connectivity index (χ2n) is 4.01. The Labute approximate surface area is 159 Å². The van der Waals surface area contributed by atoms with Gasteiger partial charge in [-0.3, -0.25) is 0 Å². The van der Waals surface area contributed by atoms with E-state index in [4.69, 9.17) is 0 Å². The molecule has 0 aliphatic heterocycles. The summed E-state index contributed by atoms with van der Waals surface area (Å²) in [5.74, 6) is 0.208. The third kappa shape index (κ3) is 4.00. The molecule has 0 bridgehead atoms. The van der Waals surface area contributed by atoms with E-state index >= 15 is 0 Å². The molecule has 0 heterocycles. The lowest BCUT2D eigenvalue weighted by molar-refractivity contribution is 0.468. The van der Waals surface area contributed by atoms with E-state index in [9.17, 15) is 5.11 Å². The van der Waals surface area contributed by atoms with Crippen LogP contribution in [-0.2, 0) is 6.54 Å². The molecule has 2 aromatic rings. The van der Waals surface area contributed by atoms with Gasteiger partial charge in [0.2, 0.25) is 0 Å². The standard InChI is InChI=1S/C13H8Br5NO/c14-7-3-8(15)12(9(16)4-7)19-5-6-1-10(17)13(20)11(18)2-6/h1-4,19-20H,5H2. The van der Waals surface area contributed by atoms with E-state index in [1.54, 1.807) is 0 Å². The fourth-order valence-electron chi connectivity index (χ4n) is 1.62. The van der Waals surface area contributed by atoms with Crippen LogP contribution < -0.4 is 5.32 Å². The molecule has 0 saturated carbocycles. The highest BCUT2D eigenvalue weighted by molar-refractivity contribution is 9.12. The van der Waals surface area contributed by atoms with Crippen molar-refractivity contribution >= 4 is 85.3 Å². The Morgan fingerprint density at radius 1 is 0.800 bits per heavy atom. The highest BCUT2D eigenvalue weighted by Crippen LogP contribution is 2.36. The normalized spacial score (nSPS) is 10.7. The van der Waals surface area contributed by atoms with Gasteiger partial charge in [-0.05, 0) is 93.5 Å². The molecule has 2 N–H and O–H groups in total. The average Bonchev–Trinajstić information content (AvgIpc) is 2.34. The van der Waals surface area contributed by atoms with Gasteiger partial charge in [0.15, 0.2) is 0 Å². The van der Waals surface area contributed by atoms with E-state index in [2.05, 4.69) is 85.0 Å². The van der Waals surface area contributed by atoms with E-state index in [-0.39, 0.29) is 5.75 Å². The molecule has 0 aliphatic rings. The summed E-state index contributed by atoms with van der Waals surface area (Å²) in [6, 6.07) is 7.73. The summed E-state index contributed by atoms with van der Waals surface area (Å²) in [7, 11) is 0. The van der Waals surface area contributed by atoms with Crippen molar-refractivity contribution in [3.05, 3.63) is 52.2 Å². The predicted molar refractivity (Wildman–Crippen MR) is 100 cm³/mol. The zero-order valence-corrected chi connectivity index (χ0v) is 17.8. The van der Waals surface area contributed by atoms with Crippen LogP contribution in [0.2, 0.25) is 0 Å². The van der Waals surface area contributed by atoms with Crippen molar-refractivity contribution in [3.63, 3.8) is 0 Å². The SMILES string of the molecule is Oc1c(Br)cc(CNc2c(Br)cc(Br)cc2Br)cc1Br. The molecule has 0 atom stereocenters. The molecule has 106 valence electrons. The van der Waals surface area contributed by atoms with Crippen molar-refractivity contribution < 1.29 is 5.11 Å². The van der Waals surface area contributed by atoms with E-state index in [0.717, 1.165) is 24.7 Å². The summed E-state index contributed by atoms with van der Waals surface area (Å²) in [5.41, 5.74) is 2.02. The largest absolute Gasteiger partial charge is 0.506 e. The van der Waals surface area contributed by atoms with Crippen LogP contribution in [0.25, 0.3) is 0 Å². The van der Waals surface area contributed by atoms with Gasteiger partial charge in [-0.15, -0.1) is 0 Å². The van der Waals surface area contributed by atoms with Crippen molar-refractivity contribution in [1.29, 1.82) is 0 Å². The Kier molecular flexibility index (Phi) is 5.99. The third-order valence-corrected chi connectivity index (χ3v) is 5.47. The molecular weight excluding hydrogens is 586 g/mol. The third-order valence-electron chi connectivity index (χ3n) is 2.55. The van der Waals surface area contributed by atoms with Crippen LogP contribution in [0.4, 0.5) is 5.69 Å². The Hall–Kier alpha value is 0.440. The number of hydrogen-bond acceptors (Lipinski definition) is 2. The first-order valence-electron chi connectivity index (χ1n) is 5.44. The number of benzene rings is 2. The van der Waals surface area contributed by atoms with E-state index in [1.165, 1.54) is 0 Å². The van der Waals surface area contributed by atoms with Gasteiger partial charge in [-0.25, -0.2) is 0 Å². The first-order chi connectivity index (χ1) is 9.38. The van der Waals surface area contributed by atoms with Crippen LogP contribution in [0.1, 0.15) is 5.56 Å². The lowest BCUT2D eigenvalue weighted by Crippen LogP contribution is -2.01. The quantitative estimate of drug-likeness (QED) is 0.410. The van der Waals surface area contributed by atoms with E-state index in [0.29, 0.717) is 15.5 Å². The number of rotatable bonds is 3. The molecule has 0 amide bonds. The highest BCUT2D eigenvalue weighted by atomic mass is 79.9. The van der Waals surface area contributed by atoms with Crippen LogP contribution in [0.3, 0.4) is 0 Å². The number of anilines is 1. The zero-order valence-electron chi connectivity index (χ0n) is 9.85. The molecule has 2 aromatic carbocycles. The van der Waals surface area contributed by atoms with Crippen molar-refractivity contribution in [2.24, 2.45) is 0 Å². The van der Waals surface area contributed by atoms with Gasteiger partial charge in [-0.1, -0.05) is 15.9 Å². The molecule has 2 rings (SSSR count). The van der Waals surface area contributed by atoms with Gasteiger partial charge in [0, 0.05) is 20.0 Å².